The predicted octanol–water partition coefficient (Wildman–Crippen LogP) is 5.14. The molecule has 1 aromatic heterocycles. The van der Waals surface area contributed by atoms with Gasteiger partial charge in [0.25, 0.3) is 5.22 Å². The monoisotopic (exact) mass is 401 g/mol. The molecule has 2 aromatic carbocycles. The number of nitrogens with one attached hydrogen (secondary N) is 1. The molecule has 140 valence electrons. The number of benzene rings is 2. The molecule has 0 fully saturated rings. The second-order valence-corrected chi connectivity index (χ2v) is 7.29. The molecular formula is C20H20ClN3O2S. The standard InChI is InChI=1S/C20H20ClN3O2S/c1-2-8-17(14-9-4-3-5-10-14)22-18(25)13-27-20-24-23-19(26-20)15-11-6-7-12-16(15)21/h3-7,9-12,17H,2,8,13H2,1H3,(H,22,25). The highest BCUT2D eigenvalue weighted by atomic mass is 35.5. The molecule has 0 saturated carbocycles. The number of rotatable bonds is 8. The Morgan fingerprint density at radius 3 is 2.63 bits per heavy atom. The Morgan fingerprint density at radius 2 is 1.89 bits per heavy atom. The summed E-state index contributed by atoms with van der Waals surface area (Å²) in [5, 5.41) is 12.0. The van der Waals surface area contributed by atoms with Crippen LogP contribution in [0.25, 0.3) is 11.5 Å². The van der Waals surface area contributed by atoms with Gasteiger partial charge >= 0.3 is 0 Å². The van der Waals surface area contributed by atoms with Gasteiger partial charge in [0.2, 0.25) is 11.8 Å². The molecule has 1 atom stereocenters. The van der Waals surface area contributed by atoms with Crippen LogP contribution in [0.3, 0.4) is 0 Å². The zero-order valence-corrected chi connectivity index (χ0v) is 16.5. The van der Waals surface area contributed by atoms with E-state index in [9.17, 15) is 4.79 Å². The molecular weight excluding hydrogens is 382 g/mol. The molecule has 1 heterocycles. The van der Waals surface area contributed by atoms with Crippen LogP contribution in [-0.2, 0) is 4.79 Å². The van der Waals surface area contributed by atoms with Crippen LogP contribution in [0.5, 0.6) is 0 Å². The summed E-state index contributed by atoms with van der Waals surface area (Å²) in [5.41, 5.74) is 1.78. The lowest BCUT2D eigenvalue weighted by atomic mass is 10.0. The van der Waals surface area contributed by atoms with Gasteiger partial charge in [0.15, 0.2) is 0 Å². The van der Waals surface area contributed by atoms with E-state index >= 15 is 0 Å². The molecule has 0 aliphatic rings. The Hall–Kier alpha value is -2.31. The lowest BCUT2D eigenvalue weighted by Gasteiger charge is -2.18. The molecule has 1 N–H and O–H groups in total. The summed E-state index contributed by atoms with van der Waals surface area (Å²) in [4.78, 5) is 12.4. The van der Waals surface area contributed by atoms with Crippen LogP contribution in [0.2, 0.25) is 5.02 Å². The van der Waals surface area contributed by atoms with E-state index in [0.29, 0.717) is 21.7 Å². The lowest BCUT2D eigenvalue weighted by Crippen LogP contribution is -2.29. The van der Waals surface area contributed by atoms with E-state index in [1.807, 2.05) is 48.5 Å². The summed E-state index contributed by atoms with van der Waals surface area (Å²) in [5.74, 6) is 0.480. The van der Waals surface area contributed by atoms with E-state index < -0.39 is 0 Å². The highest BCUT2D eigenvalue weighted by Crippen LogP contribution is 2.28. The Bertz CT molecular complexity index is 886. The van der Waals surface area contributed by atoms with Crippen molar-refractivity contribution >= 4 is 29.3 Å². The molecule has 1 amide bonds. The van der Waals surface area contributed by atoms with Crippen molar-refractivity contribution in [1.82, 2.24) is 15.5 Å². The van der Waals surface area contributed by atoms with Gasteiger partial charge in [-0.2, -0.15) is 0 Å². The summed E-state index contributed by atoms with van der Waals surface area (Å²) in [6, 6.07) is 17.3. The van der Waals surface area contributed by atoms with Gasteiger partial charge in [-0.1, -0.05) is 79.2 Å². The summed E-state index contributed by atoms with van der Waals surface area (Å²) in [7, 11) is 0. The van der Waals surface area contributed by atoms with Crippen LogP contribution >= 0.6 is 23.4 Å². The third-order valence-corrected chi connectivity index (χ3v) is 5.10. The fourth-order valence-electron chi connectivity index (χ4n) is 2.67. The third-order valence-electron chi connectivity index (χ3n) is 3.95. The SMILES string of the molecule is CCCC(NC(=O)CSc1nnc(-c2ccccc2Cl)o1)c1ccccc1. The second kappa shape index (κ2) is 9.58. The van der Waals surface area contributed by atoms with E-state index in [1.165, 1.54) is 11.8 Å². The smallest absolute Gasteiger partial charge is 0.277 e. The Morgan fingerprint density at radius 1 is 1.15 bits per heavy atom. The van der Waals surface area contributed by atoms with Gasteiger partial charge in [-0.3, -0.25) is 4.79 Å². The molecule has 0 bridgehead atoms. The number of amides is 1. The predicted molar refractivity (Wildman–Crippen MR) is 108 cm³/mol. The van der Waals surface area contributed by atoms with Crippen molar-refractivity contribution in [3.05, 3.63) is 65.2 Å². The van der Waals surface area contributed by atoms with Crippen LogP contribution in [0.15, 0.2) is 64.2 Å². The average Bonchev–Trinajstić information content (AvgIpc) is 3.16. The zero-order chi connectivity index (χ0) is 19.1. The van der Waals surface area contributed by atoms with Crippen LogP contribution in [0.1, 0.15) is 31.4 Å². The van der Waals surface area contributed by atoms with Crippen LogP contribution < -0.4 is 5.32 Å². The van der Waals surface area contributed by atoms with Crippen molar-refractivity contribution in [2.75, 3.05) is 5.75 Å². The van der Waals surface area contributed by atoms with Crippen molar-refractivity contribution in [3.63, 3.8) is 0 Å². The first-order valence-corrected chi connectivity index (χ1v) is 10.1. The minimum Gasteiger partial charge on any atom is -0.411 e. The van der Waals surface area contributed by atoms with Gasteiger partial charge in [-0.25, -0.2) is 0 Å². The maximum absolute atomic E-state index is 12.4. The van der Waals surface area contributed by atoms with Crippen molar-refractivity contribution in [2.24, 2.45) is 0 Å². The van der Waals surface area contributed by atoms with Gasteiger partial charge in [0, 0.05) is 0 Å². The third kappa shape index (κ3) is 5.34. The number of thioether (sulfide) groups is 1. The Balaban J connectivity index is 1.58. The second-order valence-electron chi connectivity index (χ2n) is 5.96. The average molecular weight is 402 g/mol. The molecule has 3 aromatic rings. The van der Waals surface area contributed by atoms with Crippen molar-refractivity contribution in [2.45, 2.75) is 31.0 Å². The number of halogens is 1. The van der Waals surface area contributed by atoms with E-state index in [2.05, 4.69) is 22.4 Å². The highest BCUT2D eigenvalue weighted by Gasteiger charge is 2.16. The van der Waals surface area contributed by atoms with E-state index in [0.717, 1.165) is 18.4 Å². The van der Waals surface area contributed by atoms with Crippen LogP contribution in [0.4, 0.5) is 0 Å². The number of hydrogen-bond donors (Lipinski definition) is 1. The zero-order valence-electron chi connectivity index (χ0n) is 14.9. The maximum atomic E-state index is 12.4. The molecule has 0 saturated heterocycles. The van der Waals surface area contributed by atoms with Crippen molar-refractivity contribution in [1.29, 1.82) is 0 Å². The molecule has 7 heteroatoms. The molecule has 3 rings (SSSR count). The quantitative estimate of drug-likeness (QED) is 0.529. The van der Waals surface area contributed by atoms with E-state index in [1.54, 1.807) is 6.07 Å². The van der Waals surface area contributed by atoms with Gasteiger partial charge in [-0.05, 0) is 24.1 Å². The number of aromatic nitrogens is 2. The minimum atomic E-state index is -0.0696. The molecule has 0 spiro atoms. The van der Waals surface area contributed by atoms with Crippen molar-refractivity contribution in [3.8, 4) is 11.5 Å². The first kappa shape index (κ1) is 19.5. The molecule has 0 radical (unpaired) electrons. The minimum absolute atomic E-state index is 0.00525. The van der Waals surface area contributed by atoms with E-state index in [4.69, 9.17) is 16.0 Å². The Kier molecular flexibility index (Phi) is 6.90. The fraction of sp³-hybridized carbons (Fsp3) is 0.250. The fourth-order valence-corrected chi connectivity index (χ4v) is 3.46. The normalized spacial score (nSPS) is 11.9. The topological polar surface area (TPSA) is 68.0 Å². The molecule has 1 unspecified atom stereocenters. The van der Waals surface area contributed by atoms with Gasteiger partial charge in [0.05, 0.1) is 22.4 Å². The number of carbonyl (C=O) groups is 1. The molecule has 0 aliphatic carbocycles. The summed E-state index contributed by atoms with van der Waals surface area (Å²) < 4.78 is 5.61. The number of hydrogen-bond acceptors (Lipinski definition) is 5. The highest BCUT2D eigenvalue weighted by molar-refractivity contribution is 7.99. The molecule has 5 nitrogen and oxygen atoms in total. The summed E-state index contributed by atoms with van der Waals surface area (Å²) in [6.45, 7) is 2.10. The summed E-state index contributed by atoms with van der Waals surface area (Å²) in [6.07, 6.45) is 1.87. The summed E-state index contributed by atoms with van der Waals surface area (Å²) >= 11 is 7.35. The van der Waals surface area contributed by atoms with Gasteiger partial charge < -0.3 is 9.73 Å². The largest absolute Gasteiger partial charge is 0.411 e. The van der Waals surface area contributed by atoms with Crippen LogP contribution in [-0.4, -0.2) is 21.9 Å². The first-order valence-electron chi connectivity index (χ1n) is 8.73. The lowest BCUT2D eigenvalue weighted by molar-refractivity contribution is -0.119. The van der Waals surface area contributed by atoms with Crippen molar-refractivity contribution < 1.29 is 9.21 Å². The number of carbonyl (C=O) groups excluding carboxylic acids is 1. The Labute approximate surface area is 167 Å². The first-order chi connectivity index (χ1) is 13.2. The van der Waals surface area contributed by atoms with Gasteiger partial charge in [-0.15, -0.1) is 10.2 Å². The van der Waals surface area contributed by atoms with Crippen LogP contribution in [0, 0.1) is 0 Å². The molecule has 0 aliphatic heterocycles. The maximum Gasteiger partial charge on any atom is 0.277 e. The van der Waals surface area contributed by atoms with Gasteiger partial charge in [0.1, 0.15) is 0 Å². The number of nitrogens with zero attached hydrogens (tertiary/aromatic N) is 2. The molecule has 27 heavy (non-hydrogen) atoms. The van der Waals surface area contributed by atoms with E-state index in [-0.39, 0.29) is 17.7 Å².